The van der Waals surface area contributed by atoms with Crippen LogP contribution in [0.2, 0.25) is 0 Å². The molecule has 2 aromatic heterocycles. The van der Waals surface area contributed by atoms with Gasteiger partial charge in [-0.05, 0) is 25.0 Å². The van der Waals surface area contributed by atoms with E-state index in [1.807, 2.05) is 29.3 Å². The number of aromatic nitrogens is 2. The van der Waals surface area contributed by atoms with E-state index >= 15 is 0 Å². The molecule has 0 bridgehead atoms. The van der Waals surface area contributed by atoms with Crippen LogP contribution in [0.1, 0.15) is 23.2 Å². The molecule has 0 unspecified atom stereocenters. The number of rotatable bonds is 4. The summed E-state index contributed by atoms with van der Waals surface area (Å²) in [5, 5.41) is 5.03. The van der Waals surface area contributed by atoms with Crippen molar-refractivity contribution in [3.63, 3.8) is 0 Å². The van der Waals surface area contributed by atoms with E-state index in [1.165, 1.54) is 0 Å². The van der Waals surface area contributed by atoms with Gasteiger partial charge in [-0.3, -0.25) is 4.79 Å². The Morgan fingerprint density at radius 3 is 3.06 bits per heavy atom. The predicted molar refractivity (Wildman–Crippen MR) is 73.0 cm³/mol. The zero-order chi connectivity index (χ0) is 12.5. The molecule has 1 fully saturated rings. The first-order valence-electron chi connectivity index (χ1n) is 6.10. The maximum absolute atomic E-state index is 12.5. The zero-order valence-electron chi connectivity index (χ0n) is 9.92. The minimum Gasteiger partial charge on any atom is -0.335 e. The highest BCUT2D eigenvalue weighted by atomic mass is 79.9. The molecule has 0 spiro atoms. The highest BCUT2D eigenvalue weighted by Crippen LogP contribution is 2.28. The van der Waals surface area contributed by atoms with Gasteiger partial charge in [-0.25, -0.2) is 4.52 Å². The number of carbonyl (C=O) groups excluding carboxylic acids is 1. The van der Waals surface area contributed by atoms with Crippen molar-refractivity contribution >= 4 is 27.4 Å². The van der Waals surface area contributed by atoms with Crippen molar-refractivity contribution in [1.29, 1.82) is 0 Å². The minimum absolute atomic E-state index is 0.0955. The Bertz CT molecular complexity index is 576. The Morgan fingerprint density at radius 1 is 1.50 bits per heavy atom. The van der Waals surface area contributed by atoms with Crippen molar-refractivity contribution in [2.45, 2.75) is 18.9 Å². The maximum Gasteiger partial charge on any atom is 0.257 e. The Kier molecular flexibility index (Phi) is 3.07. The number of hydrogen-bond donors (Lipinski definition) is 0. The number of fused-ring (bicyclic) bond motifs is 1. The average molecular weight is 308 g/mol. The van der Waals surface area contributed by atoms with Crippen molar-refractivity contribution in [3.05, 3.63) is 36.2 Å². The van der Waals surface area contributed by atoms with E-state index in [4.69, 9.17) is 0 Å². The molecule has 3 rings (SSSR count). The number of amides is 1. The molecular formula is C13H14BrN3O. The second kappa shape index (κ2) is 4.72. The summed E-state index contributed by atoms with van der Waals surface area (Å²) in [7, 11) is 0. The lowest BCUT2D eigenvalue weighted by Gasteiger charge is -2.20. The lowest BCUT2D eigenvalue weighted by atomic mass is 10.2. The van der Waals surface area contributed by atoms with Crippen molar-refractivity contribution in [1.82, 2.24) is 14.5 Å². The maximum atomic E-state index is 12.5. The van der Waals surface area contributed by atoms with Gasteiger partial charge in [0.25, 0.3) is 5.91 Å². The monoisotopic (exact) mass is 307 g/mol. The highest BCUT2D eigenvalue weighted by Gasteiger charge is 2.33. The fourth-order valence-corrected chi connectivity index (χ4v) is 2.56. The molecule has 2 heterocycles. The van der Waals surface area contributed by atoms with Gasteiger partial charge in [-0.15, -0.1) is 0 Å². The summed E-state index contributed by atoms with van der Waals surface area (Å²) in [6.07, 6.45) is 5.77. The van der Waals surface area contributed by atoms with E-state index in [1.54, 1.807) is 10.7 Å². The highest BCUT2D eigenvalue weighted by molar-refractivity contribution is 9.09. The molecule has 1 amide bonds. The molecule has 4 nitrogen and oxygen atoms in total. The largest absolute Gasteiger partial charge is 0.335 e. The number of halogens is 1. The average Bonchev–Trinajstić information content (AvgIpc) is 3.14. The smallest absolute Gasteiger partial charge is 0.257 e. The lowest BCUT2D eigenvalue weighted by Crippen LogP contribution is -2.34. The van der Waals surface area contributed by atoms with E-state index < -0.39 is 0 Å². The van der Waals surface area contributed by atoms with Crippen LogP contribution >= 0.6 is 15.9 Å². The molecule has 1 aliphatic carbocycles. The van der Waals surface area contributed by atoms with Crippen LogP contribution < -0.4 is 0 Å². The van der Waals surface area contributed by atoms with Crippen molar-refractivity contribution in [2.75, 3.05) is 11.9 Å². The Hall–Kier alpha value is -1.36. The van der Waals surface area contributed by atoms with Crippen LogP contribution in [0, 0.1) is 0 Å². The third-order valence-electron chi connectivity index (χ3n) is 3.23. The summed E-state index contributed by atoms with van der Waals surface area (Å²) < 4.78 is 1.74. The predicted octanol–water partition coefficient (Wildman–Crippen LogP) is 2.33. The molecule has 0 N–H and O–H groups in total. The fraction of sp³-hybridized carbons (Fsp3) is 0.385. The van der Waals surface area contributed by atoms with Crippen molar-refractivity contribution < 1.29 is 4.79 Å². The second-order valence-corrected chi connectivity index (χ2v) is 5.30. The van der Waals surface area contributed by atoms with Crippen LogP contribution in [0.3, 0.4) is 0 Å². The normalized spacial score (nSPS) is 14.9. The van der Waals surface area contributed by atoms with Gasteiger partial charge < -0.3 is 4.90 Å². The van der Waals surface area contributed by atoms with E-state index in [9.17, 15) is 4.79 Å². The Morgan fingerprint density at radius 2 is 2.33 bits per heavy atom. The first-order chi connectivity index (χ1) is 8.81. The van der Waals surface area contributed by atoms with Crippen LogP contribution in [0.4, 0.5) is 0 Å². The Labute approximate surface area is 114 Å². The molecule has 2 aromatic rings. The van der Waals surface area contributed by atoms with Gasteiger partial charge in [0.1, 0.15) is 0 Å². The summed E-state index contributed by atoms with van der Waals surface area (Å²) in [5.41, 5.74) is 1.58. The van der Waals surface area contributed by atoms with Gasteiger partial charge in [-0.2, -0.15) is 5.10 Å². The van der Waals surface area contributed by atoms with Gasteiger partial charge in [0.15, 0.2) is 0 Å². The first-order valence-corrected chi connectivity index (χ1v) is 7.22. The van der Waals surface area contributed by atoms with Crippen LogP contribution in [0.5, 0.6) is 0 Å². The van der Waals surface area contributed by atoms with Gasteiger partial charge >= 0.3 is 0 Å². The number of hydrogen-bond acceptors (Lipinski definition) is 2. The summed E-state index contributed by atoms with van der Waals surface area (Å²) >= 11 is 3.41. The molecule has 0 radical (unpaired) electrons. The SMILES string of the molecule is O=C(c1cnn2ccccc12)N(CCBr)C1CC1. The molecule has 5 heteroatoms. The fourth-order valence-electron chi connectivity index (χ4n) is 2.18. The quantitative estimate of drug-likeness (QED) is 0.813. The van der Waals surface area contributed by atoms with Crippen LogP contribution in [0.15, 0.2) is 30.6 Å². The summed E-state index contributed by atoms with van der Waals surface area (Å²) in [4.78, 5) is 14.5. The zero-order valence-corrected chi connectivity index (χ0v) is 11.5. The number of pyridine rings is 1. The summed E-state index contributed by atoms with van der Waals surface area (Å²) in [6, 6.07) is 6.19. The van der Waals surface area contributed by atoms with E-state index in [0.717, 1.165) is 30.2 Å². The van der Waals surface area contributed by atoms with Crippen LogP contribution in [0.25, 0.3) is 5.52 Å². The molecule has 1 aliphatic rings. The minimum atomic E-state index is 0.0955. The summed E-state index contributed by atoms with van der Waals surface area (Å²) in [5.74, 6) is 0.0955. The molecule has 18 heavy (non-hydrogen) atoms. The summed E-state index contributed by atoms with van der Waals surface area (Å²) in [6.45, 7) is 0.758. The standard InChI is InChI=1S/C13H14BrN3O/c14-6-8-16(10-4-5-10)13(18)11-9-15-17-7-2-1-3-12(11)17/h1-3,7,9-10H,4-6,8H2. The third kappa shape index (κ3) is 2.03. The second-order valence-electron chi connectivity index (χ2n) is 4.51. The van der Waals surface area contributed by atoms with Gasteiger partial charge in [0.2, 0.25) is 0 Å². The molecule has 0 aliphatic heterocycles. The van der Waals surface area contributed by atoms with Gasteiger partial charge in [0.05, 0.1) is 17.3 Å². The molecule has 0 atom stereocenters. The molecule has 0 aromatic carbocycles. The Balaban J connectivity index is 1.95. The number of carbonyl (C=O) groups is 1. The van der Waals surface area contributed by atoms with Crippen LogP contribution in [-0.4, -0.2) is 38.3 Å². The van der Waals surface area contributed by atoms with E-state index in [-0.39, 0.29) is 5.91 Å². The van der Waals surface area contributed by atoms with Crippen molar-refractivity contribution in [3.8, 4) is 0 Å². The molecule has 94 valence electrons. The van der Waals surface area contributed by atoms with E-state index in [0.29, 0.717) is 11.6 Å². The lowest BCUT2D eigenvalue weighted by molar-refractivity contribution is 0.0756. The van der Waals surface area contributed by atoms with Crippen LogP contribution in [-0.2, 0) is 0 Å². The van der Waals surface area contributed by atoms with E-state index in [2.05, 4.69) is 21.0 Å². The first kappa shape index (κ1) is 11.7. The topological polar surface area (TPSA) is 37.6 Å². The third-order valence-corrected chi connectivity index (χ3v) is 3.59. The molecule has 1 saturated carbocycles. The number of alkyl halides is 1. The molecular weight excluding hydrogens is 294 g/mol. The van der Waals surface area contributed by atoms with Gasteiger partial charge in [-0.1, -0.05) is 22.0 Å². The number of nitrogens with zero attached hydrogens (tertiary/aromatic N) is 3. The molecule has 0 saturated heterocycles. The van der Waals surface area contributed by atoms with Crippen molar-refractivity contribution in [2.24, 2.45) is 0 Å². The van der Waals surface area contributed by atoms with Gasteiger partial charge in [0, 0.05) is 24.1 Å².